The minimum Gasteiger partial charge on any atom is -0.492 e. The van der Waals surface area contributed by atoms with Gasteiger partial charge in [0.25, 0.3) is 5.91 Å². The Balaban J connectivity index is 1.65. The van der Waals surface area contributed by atoms with E-state index in [4.69, 9.17) is 9.15 Å². The first kappa shape index (κ1) is 17.1. The number of hydrogen-bond donors (Lipinski definition) is 1. The van der Waals surface area contributed by atoms with E-state index in [9.17, 15) is 9.59 Å². The van der Waals surface area contributed by atoms with Crippen LogP contribution in [0.5, 0.6) is 5.75 Å². The first-order valence-corrected chi connectivity index (χ1v) is 8.54. The van der Waals surface area contributed by atoms with Crippen LogP contribution >= 0.6 is 0 Å². The molecule has 1 unspecified atom stereocenters. The molecule has 2 amide bonds. The van der Waals surface area contributed by atoms with Gasteiger partial charge >= 0.3 is 0 Å². The lowest BCUT2D eigenvalue weighted by molar-refractivity contribution is -0.121. The summed E-state index contributed by atoms with van der Waals surface area (Å²) in [6, 6.07) is 10.7. The second-order valence-corrected chi connectivity index (χ2v) is 5.99. The van der Waals surface area contributed by atoms with Gasteiger partial charge in [0.05, 0.1) is 24.5 Å². The Morgan fingerprint density at radius 2 is 2.12 bits per heavy atom. The summed E-state index contributed by atoms with van der Waals surface area (Å²) in [6.45, 7) is 3.46. The fourth-order valence-electron chi connectivity index (χ4n) is 3.02. The van der Waals surface area contributed by atoms with E-state index in [1.807, 2.05) is 31.2 Å². The summed E-state index contributed by atoms with van der Waals surface area (Å²) >= 11 is 0. The molecule has 0 spiro atoms. The van der Waals surface area contributed by atoms with Crippen LogP contribution in [0, 0.1) is 5.92 Å². The molecule has 1 atom stereocenters. The minimum absolute atomic E-state index is 0.0934. The van der Waals surface area contributed by atoms with Crippen LogP contribution in [-0.2, 0) is 4.79 Å². The van der Waals surface area contributed by atoms with Crippen molar-refractivity contribution in [3.8, 4) is 5.75 Å². The second kappa shape index (κ2) is 7.88. The maximum absolute atomic E-state index is 12.7. The number of likely N-dealkylation sites (tertiary alicyclic amines) is 1. The molecule has 1 aromatic heterocycles. The number of nitrogens with zero attached hydrogens (tertiary/aromatic N) is 1. The van der Waals surface area contributed by atoms with Crippen molar-refractivity contribution in [1.29, 1.82) is 0 Å². The van der Waals surface area contributed by atoms with Crippen molar-refractivity contribution in [2.24, 2.45) is 5.92 Å². The molecule has 6 heteroatoms. The normalized spacial score (nSPS) is 17.2. The quantitative estimate of drug-likeness (QED) is 0.906. The maximum atomic E-state index is 12.7. The number of nitrogens with one attached hydrogen (secondary N) is 1. The van der Waals surface area contributed by atoms with Crippen LogP contribution in [-0.4, -0.2) is 36.4 Å². The topological polar surface area (TPSA) is 71.8 Å². The van der Waals surface area contributed by atoms with Gasteiger partial charge < -0.3 is 19.4 Å². The van der Waals surface area contributed by atoms with Gasteiger partial charge in [-0.25, -0.2) is 0 Å². The molecule has 0 aliphatic carbocycles. The Morgan fingerprint density at radius 1 is 1.28 bits per heavy atom. The number of benzene rings is 1. The van der Waals surface area contributed by atoms with Gasteiger partial charge in [0.2, 0.25) is 5.91 Å². The molecule has 1 aromatic carbocycles. The third-order valence-corrected chi connectivity index (χ3v) is 4.26. The van der Waals surface area contributed by atoms with Crippen LogP contribution in [0.15, 0.2) is 47.1 Å². The summed E-state index contributed by atoms with van der Waals surface area (Å²) in [5.74, 6) is 0.448. The van der Waals surface area contributed by atoms with Crippen LogP contribution in [0.1, 0.15) is 30.3 Å². The van der Waals surface area contributed by atoms with Crippen molar-refractivity contribution in [1.82, 2.24) is 4.90 Å². The molecule has 0 saturated carbocycles. The molecule has 6 nitrogen and oxygen atoms in total. The number of piperidine rings is 1. The molecule has 1 fully saturated rings. The standard InChI is InChI=1S/C19H22N2O4/c1-2-24-16-9-4-3-8-15(16)20-18(22)14-7-5-11-21(13-14)19(23)17-10-6-12-25-17/h3-4,6,8-10,12,14H,2,5,7,11,13H2,1H3,(H,20,22). The van der Waals surface area contributed by atoms with E-state index in [1.54, 1.807) is 17.0 Å². The number of furan rings is 1. The van der Waals surface area contributed by atoms with E-state index in [0.717, 1.165) is 12.8 Å². The van der Waals surface area contributed by atoms with Crippen LogP contribution in [0.3, 0.4) is 0 Å². The highest BCUT2D eigenvalue weighted by Gasteiger charge is 2.30. The van der Waals surface area contributed by atoms with Crippen molar-refractivity contribution in [2.45, 2.75) is 19.8 Å². The summed E-state index contributed by atoms with van der Waals surface area (Å²) in [4.78, 5) is 26.7. The largest absolute Gasteiger partial charge is 0.492 e. The fraction of sp³-hybridized carbons (Fsp3) is 0.368. The fourth-order valence-corrected chi connectivity index (χ4v) is 3.02. The summed E-state index contributed by atoms with van der Waals surface area (Å²) in [5.41, 5.74) is 0.656. The molecule has 2 heterocycles. The van der Waals surface area contributed by atoms with Gasteiger partial charge in [0.15, 0.2) is 5.76 Å². The Bertz CT molecular complexity index is 727. The monoisotopic (exact) mass is 342 g/mol. The number of carbonyl (C=O) groups is 2. The van der Waals surface area contributed by atoms with E-state index in [-0.39, 0.29) is 17.7 Å². The molecule has 1 saturated heterocycles. The zero-order valence-electron chi connectivity index (χ0n) is 14.2. The molecule has 1 N–H and O–H groups in total. The number of anilines is 1. The Kier molecular flexibility index (Phi) is 5.38. The number of carbonyl (C=O) groups excluding carboxylic acids is 2. The maximum Gasteiger partial charge on any atom is 0.289 e. The molecule has 3 rings (SSSR count). The highest BCUT2D eigenvalue weighted by molar-refractivity contribution is 5.95. The summed E-state index contributed by atoms with van der Waals surface area (Å²) < 4.78 is 10.7. The van der Waals surface area contributed by atoms with Gasteiger partial charge in [-0.05, 0) is 44.0 Å². The third-order valence-electron chi connectivity index (χ3n) is 4.26. The summed E-state index contributed by atoms with van der Waals surface area (Å²) in [6.07, 6.45) is 3.02. The molecule has 2 aromatic rings. The highest BCUT2D eigenvalue weighted by atomic mass is 16.5. The summed E-state index contributed by atoms with van der Waals surface area (Å²) in [7, 11) is 0. The molecular weight excluding hydrogens is 320 g/mol. The number of amides is 2. The van der Waals surface area contributed by atoms with Crippen molar-refractivity contribution in [2.75, 3.05) is 25.0 Å². The lowest BCUT2D eigenvalue weighted by Gasteiger charge is -2.31. The Hall–Kier alpha value is -2.76. The molecule has 0 radical (unpaired) electrons. The van der Waals surface area contributed by atoms with Crippen molar-refractivity contribution >= 4 is 17.5 Å². The van der Waals surface area contributed by atoms with Crippen LogP contribution in [0.25, 0.3) is 0 Å². The van der Waals surface area contributed by atoms with E-state index in [1.165, 1.54) is 6.26 Å². The van der Waals surface area contributed by atoms with E-state index in [2.05, 4.69) is 5.32 Å². The number of para-hydroxylation sites is 2. The predicted molar refractivity (Wildman–Crippen MR) is 93.6 cm³/mol. The molecule has 1 aliphatic rings. The van der Waals surface area contributed by atoms with Crippen molar-refractivity contribution < 1.29 is 18.7 Å². The third kappa shape index (κ3) is 4.02. The zero-order valence-corrected chi connectivity index (χ0v) is 14.2. The number of hydrogen-bond acceptors (Lipinski definition) is 4. The average Bonchev–Trinajstić information content (AvgIpc) is 3.18. The average molecular weight is 342 g/mol. The first-order chi connectivity index (χ1) is 12.2. The molecule has 25 heavy (non-hydrogen) atoms. The van der Waals surface area contributed by atoms with Gasteiger partial charge in [-0.2, -0.15) is 0 Å². The van der Waals surface area contributed by atoms with E-state index < -0.39 is 0 Å². The lowest BCUT2D eigenvalue weighted by atomic mass is 9.96. The van der Waals surface area contributed by atoms with Gasteiger partial charge in [0, 0.05) is 13.1 Å². The van der Waals surface area contributed by atoms with Crippen LogP contribution in [0.4, 0.5) is 5.69 Å². The summed E-state index contributed by atoms with van der Waals surface area (Å²) in [5, 5.41) is 2.93. The Morgan fingerprint density at radius 3 is 2.88 bits per heavy atom. The van der Waals surface area contributed by atoms with Gasteiger partial charge in [-0.3, -0.25) is 9.59 Å². The van der Waals surface area contributed by atoms with Crippen LogP contribution in [0.2, 0.25) is 0 Å². The Labute approximate surface area is 146 Å². The van der Waals surface area contributed by atoms with Crippen molar-refractivity contribution in [3.05, 3.63) is 48.4 Å². The predicted octanol–water partition coefficient (Wildman–Crippen LogP) is 3.17. The lowest BCUT2D eigenvalue weighted by Crippen LogP contribution is -2.43. The molecule has 1 aliphatic heterocycles. The number of ether oxygens (including phenoxy) is 1. The van der Waals surface area contributed by atoms with Gasteiger partial charge in [-0.1, -0.05) is 12.1 Å². The SMILES string of the molecule is CCOc1ccccc1NC(=O)C1CCCN(C(=O)c2ccco2)C1. The zero-order chi connectivity index (χ0) is 17.6. The molecule has 0 bridgehead atoms. The number of rotatable bonds is 5. The van der Waals surface area contributed by atoms with Gasteiger partial charge in [0.1, 0.15) is 5.75 Å². The molecule has 132 valence electrons. The smallest absolute Gasteiger partial charge is 0.289 e. The van der Waals surface area contributed by atoms with Crippen LogP contribution < -0.4 is 10.1 Å². The molecular formula is C19H22N2O4. The second-order valence-electron chi connectivity index (χ2n) is 5.99. The first-order valence-electron chi connectivity index (χ1n) is 8.54. The van der Waals surface area contributed by atoms with Crippen molar-refractivity contribution in [3.63, 3.8) is 0 Å². The highest BCUT2D eigenvalue weighted by Crippen LogP contribution is 2.26. The van der Waals surface area contributed by atoms with E-state index >= 15 is 0 Å². The van der Waals surface area contributed by atoms with Gasteiger partial charge in [-0.15, -0.1) is 0 Å². The van der Waals surface area contributed by atoms with E-state index in [0.29, 0.717) is 36.9 Å². The minimum atomic E-state index is -0.248.